The molecule has 1 atom stereocenters. The largest absolute Gasteiger partial charge is 0.478 e. The van der Waals surface area contributed by atoms with Gasteiger partial charge in [-0.2, -0.15) is 0 Å². The number of benzene rings is 2. The standard InChI is InChI=1S/C25H24FN3O2/c26-22-4-2-1-3-19(22)17-7-8-20-18(11-17)15-29(14-16-5-6-16)24(20)13-28-23-12-27-10-9-21(23)25(30)31/h1-4,7-12,16,24,28H,5-6,13-15H2,(H,30,31)/t24-/m0/s1. The van der Waals surface area contributed by atoms with E-state index in [-0.39, 0.29) is 17.4 Å². The first kappa shape index (κ1) is 19.7. The Bertz CT molecular complexity index is 1130. The molecule has 2 aromatic carbocycles. The number of aromatic nitrogens is 1. The number of rotatable bonds is 7. The SMILES string of the molecule is O=C(O)c1ccncc1NC[C@H]1c2ccc(-c3ccccc3F)cc2CN1CC1CC1. The van der Waals surface area contributed by atoms with Crippen LogP contribution < -0.4 is 5.32 Å². The van der Waals surface area contributed by atoms with Crippen LogP contribution in [0.4, 0.5) is 10.1 Å². The first-order valence-electron chi connectivity index (χ1n) is 10.6. The van der Waals surface area contributed by atoms with Gasteiger partial charge >= 0.3 is 5.97 Å². The fourth-order valence-electron chi connectivity index (χ4n) is 4.45. The lowest BCUT2D eigenvalue weighted by atomic mass is 9.97. The molecule has 6 heteroatoms. The number of carbonyl (C=O) groups is 1. The number of nitrogens with zero attached hydrogens (tertiary/aromatic N) is 2. The van der Waals surface area contributed by atoms with Crippen LogP contribution in [-0.2, 0) is 6.54 Å². The minimum atomic E-state index is -0.971. The van der Waals surface area contributed by atoms with E-state index in [0.717, 1.165) is 24.6 Å². The summed E-state index contributed by atoms with van der Waals surface area (Å²) in [5.41, 5.74) is 4.67. The molecular weight excluding hydrogens is 393 g/mol. The summed E-state index contributed by atoms with van der Waals surface area (Å²) in [6.45, 7) is 2.43. The van der Waals surface area contributed by atoms with E-state index in [9.17, 15) is 14.3 Å². The Labute approximate surface area is 180 Å². The van der Waals surface area contributed by atoms with Gasteiger partial charge in [-0.3, -0.25) is 9.88 Å². The van der Waals surface area contributed by atoms with E-state index in [1.54, 1.807) is 12.3 Å². The van der Waals surface area contributed by atoms with Crippen LogP contribution in [0.2, 0.25) is 0 Å². The zero-order chi connectivity index (χ0) is 21.4. The molecule has 1 aromatic heterocycles. The van der Waals surface area contributed by atoms with Crippen molar-refractivity contribution in [1.82, 2.24) is 9.88 Å². The molecule has 0 spiro atoms. The second-order valence-corrected chi connectivity index (χ2v) is 8.39. The van der Waals surface area contributed by atoms with Gasteiger partial charge in [0, 0.05) is 31.4 Å². The number of halogens is 1. The third kappa shape index (κ3) is 4.03. The summed E-state index contributed by atoms with van der Waals surface area (Å²) in [6.07, 6.45) is 5.58. The summed E-state index contributed by atoms with van der Waals surface area (Å²) in [7, 11) is 0. The number of fused-ring (bicyclic) bond motifs is 1. The van der Waals surface area contributed by atoms with Gasteiger partial charge in [-0.25, -0.2) is 9.18 Å². The third-order valence-corrected chi connectivity index (χ3v) is 6.23. The molecule has 2 heterocycles. The van der Waals surface area contributed by atoms with E-state index in [1.807, 2.05) is 18.2 Å². The minimum Gasteiger partial charge on any atom is -0.478 e. The van der Waals surface area contributed by atoms with Crippen molar-refractivity contribution >= 4 is 11.7 Å². The number of hydrogen-bond acceptors (Lipinski definition) is 4. The summed E-state index contributed by atoms with van der Waals surface area (Å²) in [5.74, 6) is -0.455. The highest BCUT2D eigenvalue weighted by molar-refractivity contribution is 5.93. The van der Waals surface area contributed by atoms with Crippen LogP contribution in [0, 0.1) is 11.7 Å². The molecule has 158 valence electrons. The van der Waals surface area contributed by atoms with E-state index in [2.05, 4.69) is 27.3 Å². The predicted octanol–water partition coefficient (Wildman–Crippen LogP) is 4.96. The highest BCUT2D eigenvalue weighted by atomic mass is 19.1. The molecule has 0 radical (unpaired) electrons. The van der Waals surface area contributed by atoms with Crippen LogP contribution in [0.1, 0.15) is 40.4 Å². The second kappa shape index (κ2) is 8.12. The Balaban J connectivity index is 1.42. The molecule has 2 N–H and O–H groups in total. The van der Waals surface area contributed by atoms with Gasteiger partial charge in [-0.05, 0) is 53.6 Å². The van der Waals surface area contributed by atoms with Crippen molar-refractivity contribution in [2.75, 3.05) is 18.4 Å². The second-order valence-electron chi connectivity index (χ2n) is 8.39. The van der Waals surface area contributed by atoms with Gasteiger partial charge in [0.05, 0.1) is 23.5 Å². The molecule has 1 saturated carbocycles. The van der Waals surface area contributed by atoms with Crippen LogP contribution in [0.15, 0.2) is 60.9 Å². The Morgan fingerprint density at radius 1 is 1.19 bits per heavy atom. The maximum atomic E-state index is 14.3. The molecule has 1 fully saturated rings. The van der Waals surface area contributed by atoms with Crippen molar-refractivity contribution in [2.24, 2.45) is 5.92 Å². The Morgan fingerprint density at radius 2 is 2.03 bits per heavy atom. The van der Waals surface area contributed by atoms with Gasteiger partial charge < -0.3 is 10.4 Å². The van der Waals surface area contributed by atoms with Crippen LogP contribution in [-0.4, -0.2) is 34.0 Å². The zero-order valence-electron chi connectivity index (χ0n) is 17.1. The Hall–Kier alpha value is -3.25. The normalized spacial score (nSPS) is 18.0. The molecular formula is C25H24FN3O2. The highest BCUT2D eigenvalue weighted by Gasteiger charge is 2.34. The fourth-order valence-corrected chi connectivity index (χ4v) is 4.45. The van der Waals surface area contributed by atoms with Gasteiger partial charge in [0.2, 0.25) is 0 Å². The van der Waals surface area contributed by atoms with Gasteiger partial charge in [0.15, 0.2) is 0 Å². The van der Waals surface area contributed by atoms with Gasteiger partial charge in [0.25, 0.3) is 0 Å². The van der Waals surface area contributed by atoms with Crippen LogP contribution in [0.3, 0.4) is 0 Å². The maximum Gasteiger partial charge on any atom is 0.337 e. The summed E-state index contributed by atoms with van der Waals surface area (Å²) in [4.78, 5) is 18.1. The number of aromatic carboxylic acids is 1. The van der Waals surface area contributed by atoms with Crippen LogP contribution in [0.25, 0.3) is 11.1 Å². The summed E-state index contributed by atoms with van der Waals surface area (Å²) < 4.78 is 14.3. The molecule has 5 rings (SSSR count). The number of pyridine rings is 1. The number of hydrogen-bond donors (Lipinski definition) is 2. The first-order valence-corrected chi connectivity index (χ1v) is 10.6. The van der Waals surface area contributed by atoms with E-state index < -0.39 is 5.97 Å². The fraction of sp³-hybridized carbons (Fsp3) is 0.280. The van der Waals surface area contributed by atoms with Gasteiger partial charge in [0.1, 0.15) is 5.82 Å². The molecule has 0 amide bonds. The summed E-state index contributed by atoms with van der Waals surface area (Å²) in [6, 6.07) is 14.7. The van der Waals surface area contributed by atoms with Crippen LogP contribution in [0.5, 0.6) is 0 Å². The lowest BCUT2D eigenvalue weighted by molar-refractivity contribution is 0.0697. The van der Waals surface area contributed by atoms with Crippen molar-refractivity contribution in [3.63, 3.8) is 0 Å². The maximum absolute atomic E-state index is 14.3. The molecule has 0 unspecified atom stereocenters. The molecule has 0 bridgehead atoms. The topological polar surface area (TPSA) is 65.5 Å². The number of nitrogens with one attached hydrogen (secondary N) is 1. The van der Waals surface area contributed by atoms with Crippen molar-refractivity contribution in [3.8, 4) is 11.1 Å². The van der Waals surface area contributed by atoms with E-state index in [4.69, 9.17) is 0 Å². The molecule has 1 aliphatic heterocycles. The summed E-state index contributed by atoms with van der Waals surface area (Å²) >= 11 is 0. The van der Waals surface area contributed by atoms with Crippen molar-refractivity contribution in [1.29, 1.82) is 0 Å². The van der Waals surface area contributed by atoms with Crippen molar-refractivity contribution in [3.05, 3.63) is 83.4 Å². The highest BCUT2D eigenvalue weighted by Crippen LogP contribution is 2.40. The minimum absolute atomic E-state index is 0.132. The van der Waals surface area contributed by atoms with E-state index >= 15 is 0 Å². The van der Waals surface area contributed by atoms with Gasteiger partial charge in [-0.1, -0.05) is 30.3 Å². The molecule has 3 aromatic rings. The van der Waals surface area contributed by atoms with Gasteiger partial charge in [-0.15, -0.1) is 0 Å². The lowest BCUT2D eigenvalue weighted by Gasteiger charge is -2.26. The monoisotopic (exact) mass is 417 g/mol. The summed E-state index contributed by atoms with van der Waals surface area (Å²) in [5, 5.41) is 12.8. The van der Waals surface area contributed by atoms with Crippen molar-refractivity contribution in [2.45, 2.75) is 25.4 Å². The first-order chi connectivity index (χ1) is 15.1. The average Bonchev–Trinajstić information content (AvgIpc) is 3.52. The lowest BCUT2D eigenvalue weighted by Crippen LogP contribution is -2.29. The molecule has 1 aliphatic carbocycles. The number of anilines is 1. The number of carboxylic acids is 1. The van der Waals surface area contributed by atoms with E-state index in [1.165, 1.54) is 42.3 Å². The Morgan fingerprint density at radius 3 is 2.81 bits per heavy atom. The van der Waals surface area contributed by atoms with E-state index in [0.29, 0.717) is 17.8 Å². The smallest absolute Gasteiger partial charge is 0.337 e. The number of carboxylic acid groups (broad SMARTS) is 1. The molecule has 5 nitrogen and oxygen atoms in total. The quantitative estimate of drug-likeness (QED) is 0.569. The zero-order valence-corrected chi connectivity index (χ0v) is 17.1. The Kier molecular flexibility index (Phi) is 5.16. The third-order valence-electron chi connectivity index (χ3n) is 6.23. The van der Waals surface area contributed by atoms with Crippen molar-refractivity contribution < 1.29 is 14.3 Å². The predicted molar refractivity (Wildman–Crippen MR) is 117 cm³/mol. The molecule has 2 aliphatic rings. The van der Waals surface area contributed by atoms with Crippen LogP contribution >= 0.6 is 0 Å². The molecule has 31 heavy (non-hydrogen) atoms. The average molecular weight is 417 g/mol. The molecule has 0 saturated heterocycles.